The first kappa shape index (κ1) is 9.40. The van der Waals surface area contributed by atoms with Crippen molar-refractivity contribution in [3.8, 4) is 0 Å². The second-order valence-electron chi connectivity index (χ2n) is 4.34. The molecule has 1 aromatic heterocycles. The third-order valence-corrected chi connectivity index (χ3v) is 3.32. The molecule has 0 atom stereocenters. The van der Waals surface area contributed by atoms with Crippen LogP contribution in [0.25, 0.3) is 0 Å². The highest BCUT2D eigenvalue weighted by molar-refractivity contribution is 5.74. The van der Waals surface area contributed by atoms with Crippen LogP contribution in [0.5, 0.6) is 0 Å². The highest BCUT2D eigenvalue weighted by Crippen LogP contribution is 2.30. The Labute approximate surface area is 94.5 Å². The second-order valence-corrected chi connectivity index (χ2v) is 4.34. The summed E-state index contributed by atoms with van der Waals surface area (Å²) in [6.45, 7) is 0. The van der Waals surface area contributed by atoms with E-state index in [-0.39, 0.29) is 0 Å². The average molecular weight is 211 g/mol. The molecular weight excluding hydrogens is 198 g/mol. The first-order valence-electron chi connectivity index (χ1n) is 5.56. The summed E-state index contributed by atoms with van der Waals surface area (Å²) in [5.74, 6) is 0. The fourth-order valence-corrected chi connectivity index (χ4v) is 2.47. The molecule has 80 valence electrons. The van der Waals surface area contributed by atoms with Crippen LogP contribution in [0.15, 0.2) is 42.7 Å². The highest BCUT2D eigenvalue weighted by atomic mass is 16.1. The Kier molecular flexibility index (Phi) is 2.13. The molecule has 1 heterocycles. The smallest absolute Gasteiger partial charge is 0.151 e. The van der Waals surface area contributed by atoms with Crippen molar-refractivity contribution in [3.63, 3.8) is 0 Å². The van der Waals surface area contributed by atoms with Crippen molar-refractivity contribution in [1.29, 1.82) is 0 Å². The molecule has 0 saturated carbocycles. The van der Waals surface area contributed by atoms with Crippen molar-refractivity contribution in [3.05, 3.63) is 59.4 Å². The summed E-state index contributed by atoms with van der Waals surface area (Å²) in [6.07, 6.45) is 6.98. The monoisotopic (exact) mass is 211 g/mol. The predicted octanol–water partition coefficient (Wildman–Crippen LogP) is 2.64. The van der Waals surface area contributed by atoms with E-state index in [1.54, 1.807) is 0 Å². The zero-order chi connectivity index (χ0) is 11.0. The molecule has 0 N–H and O–H groups in total. The van der Waals surface area contributed by atoms with Gasteiger partial charge in [-0.15, -0.1) is 0 Å². The van der Waals surface area contributed by atoms with Crippen molar-refractivity contribution in [2.45, 2.75) is 18.9 Å². The lowest BCUT2D eigenvalue weighted by Gasteiger charge is -2.10. The van der Waals surface area contributed by atoms with Gasteiger partial charge < -0.3 is 4.57 Å². The molecule has 2 nitrogen and oxygen atoms in total. The van der Waals surface area contributed by atoms with Crippen molar-refractivity contribution in [1.82, 2.24) is 4.57 Å². The molecule has 0 amide bonds. The van der Waals surface area contributed by atoms with Gasteiger partial charge in [-0.2, -0.15) is 0 Å². The Morgan fingerprint density at radius 1 is 1.12 bits per heavy atom. The molecule has 0 radical (unpaired) electrons. The van der Waals surface area contributed by atoms with Gasteiger partial charge in [0.2, 0.25) is 0 Å². The maximum Gasteiger partial charge on any atom is 0.151 e. The van der Waals surface area contributed by atoms with Crippen LogP contribution >= 0.6 is 0 Å². The summed E-state index contributed by atoms with van der Waals surface area (Å²) in [4.78, 5) is 10.6. The number of aromatic nitrogens is 1. The van der Waals surface area contributed by atoms with Crippen LogP contribution in [0.1, 0.15) is 27.5 Å². The van der Waals surface area contributed by atoms with Gasteiger partial charge >= 0.3 is 0 Å². The molecule has 0 saturated heterocycles. The van der Waals surface area contributed by atoms with Gasteiger partial charge in [-0.25, -0.2) is 0 Å². The summed E-state index contributed by atoms with van der Waals surface area (Å²) in [6, 6.07) is 10.9. The summed E-state index contributed by atoms with van der Waals surface area (Å²) < 4.78 is 2.16. The van der Waals surface area contributed by atoms with Crippen LogP contribution in [-0.2, 0) is 12.8 Å². The maximum absolute atomic E-state index is 10.6. The van der Waals surface area contributed by atoms with Crippen LogP contribution < -0.4 is 0 Å². The summed E-state index contributed by atoms with van der Waals surface area (Å²) in [5.41, 5.74) is 3.64. The van der Waals surface area contributed by atoms with Crippen molar-refractivity contribution in [2.75, 3.05) is 0 Å². The van der Waals surface area contributed by atoms with Gasteiger partial charge in [-0.3, -0.25) is 4.79 Å². The van der Waals surface area contributed by atoms with Crippen molar-refractivity contribution >= 4 is 6.29 Å². The van der Waals surface area contributed by atoms with Crippen LogP contribution in [0.3, 0.4) is 0 Å². The van der Waals surface area contributed by atoms with Crippen LogP contribution in [0.2, 0.25) is 0 Å². The van der Waals surface area contributed by atoms with E-state index in [1.807, 2.05) is 18.5 Å². The number of rotatable bonds is 2. The van der Waals surface area contributed by atoms with E-state index in [9.17, 15) is 4.79 Å². The zero-order valence-corrected chi connectivity index (χ0v) is 8.97. The lowest BCUT2D eigenvalue weighted by atomic mass is 10.1. The largest absolute Gasteiger partial charge is 0.350 e. The van der Waals surface area contributed by atoms with Gasteiger partial charge in [0.05, 0.1) is 0 Å². The Balaban J connectivity index is 1.88. The molecule has 1 aromatic carbocycles. The number of benzene rings is 1. The topological polar surface area (TPSA) is 22.0 Å². The first-order valence-corrected chi connectivity index (χ1v) is 5.56. The van der Waals surface area contributed by atoms with Crippen LogP contribution in [0.4, 0.5) is 0 Å². The fourth-order valence-electron chi connectivity index (χ4n) is 2.47. The van der Waals surface area contributed by atoms with E-state index < -0.39 is 0 Å². The van der Waals surface area contributed by atoms with Crippen LogP contribution in [-0.4, -0.2) is 10.9 Å². The molecule has 16 heavy (non-hydrogen) atoms. The number of hydrogen-bond acceptors (Lipinski definition) is 1. The molecule has 0 aliphatic heterocycles. The van der Waals surface area contributed by atoms with Crippen molar-refractivity contribution in [2.24, 2.45) is 0 Å². The number of hydrogen-bond donors (Lipinski definition) is 0. The normalized spacial score (nSPS) is 15.0. The SMILES string of the molecule is O=Cc1ccn(C2Cc3ccccc3C2)c1. The summed E-state index contributed by atoms with van der Waals surface area (Å²) in [7, 11) is 0. The highest BCUT2D eigenvalue weighted by Gasteiger charge is 2.21. The lowest BCUT2D eigenvalue weighted by molar-refractivity contribution is 0.112. The number of carbonyl (C=O) groups is 1. The zero-order valence-electron chi connectivity index (χ0n) is 8.97. The molecule has 2 heteroatoms. The lowest BCUT2D eigenvalue weighted by Crippen LogP contribution is -2.06. The number of nitrogens with zero attached hydrogens (tertiary/aromatic N) is 1. The average Bonchev–Trinajstić information content (AvgIpc) is 2.95. The minimum atomic E-state index is 0.478. The molecule has 0 spiro atoms. The molecule has 2 aromatic rings. The molecule has 0 bridgehead atoms. The molecular formula is C14H13NO. The van der Waals surface area contributed by atoms with Crippen molar-refractivity contribution < 1.29 is 4.79 Å². The van der Waals surface area contributed by atoms with Gasteiger partial charge in [0.1, 0.15) is 0 Å². The van der Waals surface area contributed by atoms with Gasteiger partial charge in [0, 0.05) is 24.0 Å². The quantitative estimate of drug-likeness (QED) is 0.700. The Hall–Kier alpha value is -1.83. The minimum absolute atomic E-state index is 0.478. The van der Waals surface area contributed by atoms with Gasteiger partial charge in [-0.1, -0.05) is 24.3 Å². The molecule has 1 aliphatic carbocycles. The third-order valence-electron chi connectivity index (χ3n) is 3.32. The van der Waals surface area contributed by atoms with Crippen LogP contribution in [0, 0.1) is 0 Å². The van der Waals surface area contributed by atoms with Gasteiger partial charge in [0.15, 0.2) is 6.29 Å². The van der Waals surface area contributed by atoms with Gasteiger partial charge in [-0.05, 0) is 30.0 Å². The maximum atomic E-state index is 10.6. The Morgan fingerprint density at radius 3 is 2.38 bits per heavy atom. The molecule has 0 unspecified atom stereocenters. The predicted molar refractivity (Wildman–Crippen MR) is 62.7 cm³/mol. The fraction of sp³-hybridized carbons (Fsp3) is 0.214. The number of aldehydes is 1. The minimum Gasteiger partial charge on any atom is -0.350 e. The molecule has 1 aliphatic rings. The van der Waals surface area contributed by atoms with E-state index in [0.29, 0.717) is 6.04 Å². The van der Waals surface area contributed by atoms with E-state index in [2.05, 4.69) is 28.8 Å². The Morgan fingerprint density at radius 2 is 1.81 bits per heavy atom. The van der Waals surface area contributed by atoms with Gasteiger partial charge in [0.25, 0.3) is 0 Å². The van der Waals surface area contributed by atoms with E-state index in [4.69, 9.17) is 0 Å². The summed E-state index contributed by atoms with van der Waals surface area (Å²) >= 11 is 0. The molecule has 3 rings (SSSR count). The van der Waals surface area contributed by atoms with E-state index >= 15 is 0 Å². The third kappa shape index (κ3) is 1.47. The number of fused-ring (bicyclic) bond motifs is 1. The van der Waals surface area contributed by atoms with E-state index in [0.717, 1.165) is 24.7 Å². The summed E-state index contributed by atoms with van der Waals surface area (Å²) in [5, 5.41) is 0. The number of carbonyl (C=O) groups excluding carboxylic acids is 1. The standard InChI is InChI=1S/C14H13NO/c16-10-11-5-6-15(9-11)14-7-12-3-1-2-4-13(12)8-14/h1-6,9-10,14H,7-8H2. The first-order chi connectivity index (χ1) is 7.86. The van der Waals surface area contributed by atoms with E-state index in [1.165, 1.54) is 11.1 Å². The Bertz CT molecular complexity index is 502. The molecule has 0 fully saturated rings. The second kappa shape index (κ2) is 3.63.